The summed E-state index contributed by atoms with van der Waals surface area (Å²) < 4.78 is 5.06. The Labute approximate surface area is 151 Å². The van der Waals surface area contributed by atoms with Crippen molar-refractivity contribution in [2.24, 2.45) is 0 Å². The van der Waals surface area contributed by atoms with Crippen molar-refractivity contribution in [1.29, 1.82) is 0 Å². The Bertz CT molecular complexity index is 395. The molecule has 0 aromatic carbocycles. The smallest absolute Gasteiger partial charge is 0.234 e. The Morgan fingerprint density at radius 2 is 1.29 bits per heavy atom. The van der Waals surface area contributed by atoms with Gasteiger partial charge in [-0.2, -0.15) is 0 Å². The third-order valence-electron chi connectivity index (χ3n) is 5.10. The predicted molar refractivity (Wildman–Crippen MR) is 105 cm³/mol. The molecule has 0 N–H and O–H groups in total. The lowest BCUT2D eigenvalue weighted by Gasteiger charge is -2.06. The highest BCUT2D eigenvalue weighted by molar-refractivity contribution is 4.84. The molecule has 1 aromatic heterocycles. The second kappa shape index (κ2) is 14.5. The highest BCUT2D eigenvalue weighted by atomic mass is 15.1. The number of hydrogen-bond donors (Lipinski definition) is 0. The van der Waals surface area contributed by atoms with Gasteiger partial charge in [0.2, 0.25) is 0 Å². The van der Waals surface area contributed by atoms with Gasteiger partial charge >= 0.3 is 0 Å². The number of hydrogen-bond acceptors (Lipinski definition) is 0. The van der Waals surface area contributed by atoms with Crippen LogP contribution in [0.3, 0.4) is 0 Å². The maximum absolute atomic E-state index is 2.53. The zero-order valence-corrected chi connectivity index (χ0v) is 16.9. The summed E-state index contributed by atoms with van der Waals surface area (Å²) in [6.45, 7) is 9.28. The molecular formula is C22H43N2+. The number of rotatable bonds is 16. The zero-order valence-electron chi connectivity index (χ0n) is 16.9. The lowest BCUT2D eigenvalue weighted by Crippen LogP contribution is -2.37. The minimum absolute atomic E-state index is 1.20. The molecule has 1 heterocycles. The minimum atomic E-state index is 1.20. The van der Waals surface area contributed by atoms with E-state index >= 15 is 0 Å². The quantitative estimate of drug-likeness (QED) is 0.242. The molecule has 0 saturated heterocycles. The van der Waals surface area contributed by atoms with Crippen molar-refractivity contribution in [3.05, 3.63) is 18.2 Å². The number of unbranched alkanes of at least 4 members (excludes halogenated alkanes) is 10. The topological polar surface area (TPSA) is 8.81 Å². The first-order valence-electron chi connectivity index (χ1n) is 10.9. The van der Waals surface area contributed by atoms with Crippen molar-refractivity contribution in [1.82, 2.24) is 4.57 Å². The highest BCUT2D eigenvalue weighted by Crippen LogP contribution is 2.11. The van der Waals surface area contributed by atoms with Crippen molar-refractivity contribution in [2.45, 2.75) is 124 Å². The Balaban J connectivity index is 2.37. The van der Waals surface area contributed by atoms with Gasteiger partial charge in [-0.05, 0) is 25.7 Å². The average molecular weight is 336 g/mol. The van der Waals surface area contributed by atoms with Gasteiger partial charge in [-0.25, -0.2) is 9.13 Å². The van der Waals surface area contributed by atoms with E-state index in [-0.39, 0.29) is 0 Å². The molecule has 0 saturated carbocycles. The summed E-state index contributed by atoms with van der Waals surface area (Å²) in [7, 11) is 0. The maximum atomic E-state index is 2.53. The summed E-state index contributed by atoms with van der Waals surface area (Å²) in [5, 5.41) is 0. The summed E-state index contributed by atoms with van der Waals surface area (Å²) >= 11 is 0. The third-order valence-corrected chi connectivity index (χ3v) is 5.10. The second-order valence-electron chi connectivity index (χ2n) is 7.39. The van der Waals surface area contributed by atoms with Crippen LogP contribution in [0.2, 0.25) is 0 Å². The molecule has 0 spiro atoms. The van der Waals surface area contributed by atoms with Crippen LogP contribution in [0.1, 0.15) is 110 Å². The molecule has 0 aliphatic heterocycles. The summed E-state index contributed by atoms with van der Waals surface area (Å²) in [5.74, 6) is 1.57. The molecule has 0 aliphatic carbocycles. The van der Waals surface area contributed by atoms with Crippen molar-refractivity contribution < 1.29 is 4.57 Å². The number of aryl methyl sites for hydroxylation is 2. The van der Waals surface area contributed by atoms with Crippen molar-refractivity contribution >= 4 is 0 Å². The fraction of sp³-hybridized carbons (Fsp3) is 0.864. The van der Waals surface area contributed by atoms with Crippen LogP contribution in [0, 0.1) is 0 Å². The second-order valence-corrected chi connectivity index (χ2v) is 7.39. The van der Waals surface area contributed by atoms with E-state index in [9.17, 15) is 0 Å². The Morgan fingerprint density at radius 1 is 0.708 bits per heavy atom. The van der Waals surface area contributed by atoms with E-state index in [1.165, 1.54) is 103 Å². The summed E-state index contributed by atoms with van der Waals surface area (Å²) in [6.07, 6.45) is 23.8. The molecule has 1 aromatic rings. The third kappa shape index (κ3) is 8.89. The highest BCUT2D eigenvalue weighted by Gasteiger charge is 2.15. The van der Waals surface area contributed by atoms with Gasteiger partial charge < -0.3 is 0 Å². The average Bonchev–Trinajstić information content (AvgIpc) is 2.97. The van der Waals surface area contributed by atoms with Crippen LogP contribution in [0.25, 0.3) is 0 Å². The van der Waals surface area contributed by atoms with Crippen molar-refractivity contribution in [3.8, 4) is 0 Å². The summed E-state index contributed by atoms with van der Waals surface area (Å²) in [6, 6.07) is 0. The van der Waals surface area contributed by atoms with Crippen LogP contribution in [-0.4, -0.2) is 4.57 Å². The fourth-order valence-corrected chi connectivity index (χ4v) is 3.47. The SMILES string of the molecule is CCCCCCCCCCc1n(CCCCC)cc[n+]1CCCC. The molecule has 140 valence electrons. The number of nitrogens with zero attached hydrogens (tertiary/aromatic N) is 2. The molecule has 24 heavy (non-hydrogen) atoms. The first kappa shape index (κ1) is 21.3. The van der Waals surface area contributed by atoms with Gasteiger partial charge in [-0.3, -0.25) is 0 Å². The van der Waals surface area contributed by atoms with E-state index in [2.05, 4.69) is 42.3 Å². The van der Waals surface area contributed by atoms with Gasteiger partial charge in [0.1, 0.15) is 12.4 Å². The van der Waals surface area contributed by atoms with Crippen LogP contribution in [-0.2, 0) is 19.5 Å². The Kier molecular flexibility index (Phi) is 12.9. The standard InChI is InChI=1S/C22H43N2/c1-4-7-10-11-12-13-14-15-17-22-23(18-9-6-3)20-21-24(22)19-16-8-5-2/h20-21H,4-19H2,1-3H3/q+1. The molecule has 0 atom stereocenters. The van der Waals surface area contributed by atoms with Gasteiger partial charge in [0, 0.05) is 6.42 Å². The van der Waals surface area contributed by atoms with E-state index in [1.54, 1.807) is 5.82 Å². The Hall–Kier alpha value is -0.790. The van der Waals surface area contributed by atoms with E-state index < -0.39 is 0 Å². The maximum Gasteiger partial charge on any atom is 0.256 e. The predicted octanol–water partition coefficient (Wildman–Crippen LogP) is 6.45. The van der Waals surface area contributed by atoms with Crippen LogP contribution >= 0.6 is 0 Å². The molecule has 0 aliphatic rings. The van der Waals surface area contributed by atoms with E-state index in [1.807, 2.05) is 0 Å². The van der Waals surface area contributed by atoms with Gasteiger partial charge in [-0.15, -0.1) is 0 Å². The minimum Gasteiger partial charge on any atom is -0.234 e. The monoisotopic (exact) mass is 335 g/mol. The molecule has 0 fully saturated rings. The van der Waals surface area contributed by atoms with Crippen LogP contribution in [0.4, 0.5) is 0 Å². The summed E-state index contributed by atoms with van der Waals surface area (Å²) in [5.41, 5.74) is 0. The van der Waals surface area contributed by atoms with Gasteiger partial charge in [-0.1, -0.05) is 78.6 Å². The Morgan fingerprint density at radius 3 is 1.96 bits per heavy atom. The molecule has 2 nitrogen and oxygen atoms in total. The molecule has 0 amide bonds. The largest absolute Gasteiger partial charge is 0.256 e. The van der Waals surface area contributed by atoms with Gasteiger partial charge in [0.25, 0.3) is 5.82 Å². The molecular weight excluding hydrogens is 292 g/mol. The first-order valence-corrected chi connectivity index (χ1v) is 10.9. The molecule has 0 bridgehead atoms. The van der Waals surface area contributed by atoms with E-state index in [4.69, 9.17) is 0 Å². The molecule has 1 rings (SSSR count). The van der Waals surface area contributed by atoms with Crippen LogP contribution in [0.5, 0.6) is 0 Å². The van der Waals surface area contributed by atoms with Gasteiger partial charge in [0.15, 0.2) is 0 Å². The van der Waals surface area contributed by atoms with E-state index in [0.717, 1.165) is 0 Å². The number of imidazole rings is 1. The lowest BCUT2D eigenvalue weighted by atomic mass is 10.1. The van der Waals surface area contributed by atoms with Gasteiger partial charge in [0.05, 0.1) is 13.1 Å². The van der Waals surface area contributed by atoms with Crippen LogP contribution in [0.15, 0.2) is 12.4 Å². The fourth-order valence-electron chi connectivity index (χ4n) is 3.47. The summed E-state index contributed by atoms with van der Waals surface area (Å²) in [4.78, 5) is 0. The molecule has 0 radical (unpaired) electrons. The van der Waals surface area contributed by atoms with Crippen LogP contribution < -0.4 is 4.57 Å². The molecule has 2 heteroatoms. The normalized spacial score (nSPS) is 11.3. The first-order chi connectivity index (χ1) is 11.8. The molecule has 0 unspecified atom stereocenters. The number of aromatic nitrogens is 2. The van der Waals surface area contributed by atoms with E-state index in [0.29, 0.717) is 0 Å². The van der Waals surface area contributed by atoms with Crippen molar-refractivity contribution in [3.63, 3.8) is 0 Å². The zero-order chi connectivity index (χ0) is 17.5. The lowest BCUT2D eigenvalue weighted by molar-refractivity contribution is -0.704. The van der Waals surface area contributed by atoms with Crippen molar-refractivity contribution in [2.75, 3.05) is 0 Å².